The Hall–Kier alpha value is -2.80. The molecule has 5 nitrogen and oxygen atoms in total. The second kappa shape index (κ2) is 9.69. The first-order valence-corrected chi connectivity index (χ1v) is 13.6. The first kappa shape index (κ1) is 22.7. The number of hydrogen-bond acceptors (Lipinski definition) is 4. The number of rotatable bonds is 5. The Kier molecular flexibility index (Phi) is 6.27. The summed E-state index contributed by atoms with van der Waals surface area (Å²) in [6, 6.07) is 24.2. The van der Waals surface area contributed by atoms with E-state index < -0.39 is 0 Å². The van der Waals surface area contributed by atoms with E-state index >= 15 is 0 Å². The average Bonchev–Trinajstić information content (AvgIpc) is 3.10. The molecule has 3 heterocycles. The quantitative estimate of drug-likeness (QED) is 0.431. The summed E-state index contributed by atoms with van der Waals surface area (Å²) in [6.07, 6.45) is 0.979. The molecule has 4 aromatic rings. The molecule has 0 saturated carbocycles. The first-order chi connectivity index (χ1) is 17.2. The third-order valence-electron chi connectivity index (χ3n) is 7.50. The number of aromatic amines is 1. The van der Waals surface area contributed by atoms with Crippen molar-refractivity contribution < 1.29 is 0 Å². The molecule has 180 valence electrons. The van der Waals surface area contributed by atoms with Crippen molar-refractivity contribution in [2.45, 2.75) is 36.6 Å². The topological polar surface area (TPSA) is 44.3 Å². The van der Waals surface area contributed by atoms with Gasteiger partial charge in [-0.1, -0.05) is 54.1 Å². The van der Waals surface area contributed by atoms with Gasteiger partial charge in [-0.05, 0) is 54.8 Å². The van der Waals surface area contributed by atoms with E-state index in [1.165, 1.54) is 27.1 Å². The van der Waals surface area contributed by atoms with Crippen LogP contribution in [0.1, 0.15) is 34.7 Å². The van der Waals surface area contributed by atoms with Crippen LogP contribution >= 0.6 is 11.8 Å². The Morgan fingerprint density at radius 2 is 1.71 bits per heavy atom. The van der Waals surface area contributed by atoms with E-state index in [0.29, 0.717) is 6.04 Å². The van der Waals surface area contributed by atoms with Gasteiger partial charge in [0, 0.05) is 43.4 Å². The van der Waals surface area contributed by atoms with Gasteiger partial charge in [0.1, 0.15) is 0 Å². The number of aromatic nitrogens is 2. The summed E-state index contributed by atoms with van der Waals surface area (Å²) in [5.74, 6) is 1.04. The molecule has 2 aliphatic rings. The number of aryl methyl sites for hydroxylation is 2. The fourth-order valence-electron chi connectivity index (χ4n) is 5.69. The van der Waals surface area contributed by atoms with E-state index in [1.807, 2.05) is 40.6 Å². The lowest BCUT2D eigenvalue weighted by molar-refractivity contribution is 0.107. The predicted octanol–water partition coefficient (Wildman–Crippen LogP) is 5.04. The Balaban J connectivity index is 1.14. The number of H-pyrrole nitrogens is 1. The molecule has 6 rings (SSSR count). The molecule has 35 heavy (non-hydrogen) atoms. The SMILES string of the molecule is Cc1ccc2c(c1)[C@H](N1CCN(CCCn3c(=O)[nH]c4ccccc43)CC1)c1ccccc1CS2. The Morgan fingerprint density at radius 1 is 0.914 bits per heavy atom. The molecule has 3 aromatic carbocycles. The van der Waals surface area contributed by atoms with Gasteiger partial charge >= 0.3 is 5.69 Å². The van der Waals surface area contributed by atoms with Gasteiger partial charge in [0.25, 0.3) is 0 Å². The monoisotopic (exact) mass is 484 g/mol. The van der Waals surface area contributed by atoms with Crippen molar-refractivity contribution in [3.63, 3.8) is 0 Å². The molecule has 1 aromatic heterocycles. The molecule has 0 amide bonds. The number of thioether (sulfide) groups is 1. The molecule has 1 atom stereocenters. The summed E-state index contributed by atoms with van der Waals surface area (Å²) in [5, 5.41) is 0. The van der Waals surface area contributed by atoms with E-state index in [4.69, 9.17) is 0 Å². The van der Waals surface area contributed by atoms with Crippen LogP contribution in [0.4, 0.5) is 0 Å². The molecule has 6 heteroatoms. The number of nitrogens with zero attached hydrogens (tertiary/aromatic N) is 3. The molecular weight excluding hydrogens is 452 g/mol. The minimum Gasteiger partial charge on any atom is -0.306 e. The van der Waals surface area contributed by atoms with Crippen LogP contribution in [0.3, 0.4) is 0 Å². The van der Waals surface area contributed by atoms with Crippen LogP contribution in [0, 0.1) is 6.92 Å². The van der Waals surface area contributed by atoms with Crippen LogP contribution in [0.2, 0.25) is 0 Å². The summed E-state index contributed by atoms with van der Waals surface area (Å²) in [7, 11) is 0. The third kappa shape index (κ3) is 4.46. The average molecular weight is 485 g/mol. The van der Waals surface area contributed by atoms with Crippen LogP contribution in [-0.2, 0) is 12.3 Å². The first-order valence-electron chi connectivity index (χ1n) is 12.6. The molecule has 0 bridgehead atoms. The normalized spacial score (nSPS) is 18.8. The number of benzene rings is 3. The van der Waals surface area contributed by atoms with Gasteiger partial charge in [0.15, 0.2) is 0 Å². The highest BCUT2D eigenvalue weighted by Crippen LogP contribution is 2.42. The van der Waals surface area contributed by atoms with Gasteiger partial charge in [0.2, 0.25) is 0 Å². The molecule has 1 fully saturated rings. The Labute approximate surface area is 210 Å². The maximum absolute atomic E-state index is 12.4. The van der Waals surface area contributed by atoms with Gasteiger partial charge in [-0.3, -0.25) is 9.47 Å². The number of piperazine rings is 1. The zero-order valence-corrected chi connectivity index (χ0v) is 21.1. The molecule has 0 radical (unpaired) electrons. The molecular formula is C29H32N4OS. The van der Waals surface area contributed by atoms with Crippen molar-refractivity contribution >= 4 is 22.8 Å². The van der Waals surface area contributed by atoms with Crippen LogP contribution in [-0.4, -0.2) is 52.1 Å². The van der Waals surface area contributed by atoms with Crippen molar-refractivity contribution in [2.75, 3.05) is 32.7 Å². The van der Waals surface area contributed by atoms with Crippen LogP contribution in [0.5, 0.6) is 0 Å². The van der Waals surface area contributed by atoms with E-state index in [0.717, 1.165) is 62.5 Å². The van der Waals surface area contributed by atoms with Gasteiger partial charge in [-0.2, -0.15) is 0 Å². The second-order valence-corrected chi connectivity index (χ2v) is 10.8. The van der Waals surface area contributed by atoms with Crippen molar-refractivity contribution in [3.05, 3.63) is 99.5 Å². The summed E-state index contributed by atoms with van der Waals surface area (Å²) in [4.78, 5) is 22.0. The van der Waals surface area contributed by atoms with E-state index in [1.54, 1.807) is 0 Å². The highest BCUT2D eigenvalue weighted by molar-refractivity contribution is 7.98. The lowest BCUT2D eigenvalue weighted by Gasteiger charge is -2.40. The summed E-state index contributed by atoms with van der Waals surface area (Å²) in [5.41, 5.74) is 7.64. The van der Waals surface area contributed by atoms with Crippen molar-refractivity contribution in [3.8, 4) is 0 Å². The highest BCUT2D eigenvalue weighted by atomic mass is 32.2. The van der Waals surface area contributed by atoms with Gasteiger partial charge in [-0.25, -0.2) is 4.79 Å². The highest BCUT2D eigenvalue weighted by Gasteiger charge is 2.31. The van der Waals surface area contributed by atoms with Gasteiger partial charge in [-0.15, -0.1) is 11.8 Å². The van der Waals surface area contributed by atoms with Crippen LogP contribution < -0.4 is 5.69 Å². The molecule has 1 saturated heterocycles. The second-order valence-electron chi connectivity index (χ2n) is 9.76. The maximum atomic E-state index is 12.4. The largest absolute Gasteiger partial charge is 0.326 e. The zero-order chi connectivity index (χ0) is 23.8. The van der Waals surface area contributed by atoms with Crippen LogP contribution in [0.15, 0.2) is 76.4 Å². The summed E-state index contributed by atoms with van der Waals surface area (Å²) in [6.45, 7) is 8.23. The molecule has 1 N–H and O–H groups in total. The smallest absolute Gasteiger partial charge is 0.306 e. The van der Waals surface area contributed by atoms with E-state index in [9.17, 15) is 4.79 Å². The van der Waals surface area contributed by atoms with Crippen LogP contribution in [0.25, 0.3) is 11.0 Å². The predicted molar refractivity (Wildman–Crippen MR) is 144 cm³/mol. The van der Waals surface area contributed by atoms with E-state index in [2.05, 4.69) is 64.2 Å². The zero-order valence-electron chi connectivity index (χ0n) is 20.2. The van der Waals surface area contributed by atoms with Gasteiger partial charge in [0.05, 0.1) is 17.1 Å². The molecule has 0 aliphatic carbocycles. The molecule has 0 unspecified atom stereocenters. The summed E-state index contributed by atoms with van der Waals surface area (Å²) >= 11 is 1.97. The third-order valence-corrected chi connectivity index (χ3v) is 8.64. The number of imidazole rings is 1. The minimum absolute atomic E-state index is 0.00474. The lowest BCUT2D eigenvalue weighted by Crippen LogP contribution is -2.48. The summed E-state index contributed by atoms with van der Waals surface area (Å²) < 4.78 is 1.88. The molecule has 2 aliphatic heterocycles. The number of fused-ring (bicyclic) bond motifs is 3. The number of nitrogens with one attached hydrogen (secondary N) is 1. The lowest BCUT2D eigenvalue weighted by atomic mass is 9.92. The standard InChI is InChI=1S/C29H32N4OS/c1-21-11-12-27-24(19-21)28(23-8-3-2-7-22(23)20-35-27)32-17-15-31(16-18-32)13-6-14-33-26-10-5-4-9-25(26)30-29(33)34/h2-5,7-12,19,28H,6,13-18,20H2,1H3,(H,30,34)/t28-/m1/s1. The van der Waals surface area contributed by atoms with Crippen molar-refractivity contribution in [2.24, 2.45) is 0 Å². The maximum Gasteiger partial charge on any atom is 0.326 e. The van der Waals surface area contributed by atoms with Gasteiger partial charge < -0.3 is 9.88 Å². The Bertz CT molecular complexity index is 1400. The fourth-order valence-corrected chi connectivity index (χ4v) is 6.76. The van der Waals surface area contributed by atoms with E-state index in [-0.39, 0.29) is 5.69 Å². The number of hydrogen-bond donors (Lipinski definition) is 1. The number of para-hydroxylation sites is 2. The molecule has 0 spiro atoms. The van der Waals surface area contributed by atoms with Crippen molar-refractivity contribution in [1.82, 2.24) is 19.4 Å². The van der Waals surface area contributed by atoms with Crippen molar-refractivity contribution in [1.29, 1.82) is 0 Å². The fraction of sp³-hybridized carbons (Fsp3) is 0.345. The Morgan fingerprint density at radius 3 is 2.60 bits per heavy atom. The minimum atomic E-state index is -0.00474.